The normalized spacial score (nSPS) is 13.9. The van der Waals surface area contributed by atoms with Crippen molar-refractivity contribution < 1.29 is 9.53 Å². The fourth-order valence-corrected chi connectivity index (χ4v) is 0.822. The van der Waals surface area contributed by atoms with Crippen LogP contribution in [0.3, 0.4) is 0 Å². The molecule has 0 saturated heterocycles. The van der Waals surface area contributed by atoms with Crippen molar-refractivity contribution in [2.75, 3.05) is 4.43 Å². The molecular weight excluding hydrogens is 269 g/mol. The summed E-state index contributed by atoms with van der Waals surface area (Å²) >= 11 is 2.16. The van der Waals surface area contributed by atoms with Crippen molar-refractivity contribution in [1.82, 2.24) is 0 Å². The van der Waals surface area contributed by atoms with E-state index in [4.69, 9.17) is 10.5 Å². The third kappa shape index (κ3) is 5.24. The zero-order valence-electron chi connectivity index (χ0n) is 7.13. The zero-order valence-corrected chi connectivity index (χ0v) is 9.29. The first-order valence-electron chi connectivity index (χ1n) is 3.58. The van der Waals surface area contributed by atoms with Crippen LogP contribution in [0.15, 0.2) is 0 Å². The molecule has 0 aliphatic heterocycles. The Kier molecular flexibility index (Phi) is 5.89. The number of carbonyl (C=O) groups excluding carboxylic acids is 1. The van der Waals surface area contributed by atoms with Crippen molar-refractivity contribution in [1.29, 1.82) is 0 Å². The molecule has 12 heavy (non-hydrogen) atoms. The van der Waals surface area contributed by atoms with Gasteiger partial charge in [-0.05, 0) is 13.8 Å². The van der Waals surface area contributed by atoms with E-state index in [1.807, 2.05) is 6.92 Å². The number of hydrogen-bond donors (Lipinski definition) is 1. The van der Waals surface area contributed by atoms with Crippen molar-refractivity contribution in [3.8, 4) is 11.8 Å². The van der Waals surface area contributed by atoms with Gasteiger partial charge < -0.3 is 10.5 Å². The van der Waals surface area contributed by atoms with Crippen molar-refractivity contribution in [2.45, 2.75) is 20.0 Å². The topological polar surface area (TPSA) is 52.3 Å². The highest BCUT2D eigenvalue weighted by Gasteiger charge is 2.12. The van der Waals surface area contributed by atoms with Crippen LogP contribution < -0.4 is 5.73 Å². The number of ether oxygens (including phenoxy) is 1. The summed E-state index contributed by atoms with van der Waals surface area (Å²) in [5.41, 5.74) is 4.85. The quantitative estimate of drug-likeness (QED) is 0.474. The monoisotopic (exact) mass is 281 g/mol. The molecule has 1 amide bonds. The summed E-state index contributed by atoms with van der Waals surface area (Å²) in [5.74, 6) is 5.89. The van der Waals surface area contributed by atoms with E-state index in [1.165, 1.54) is 0 Å². The molecule has 0 radical (unpaired) electrons. The second-order valence-electron chi connectivity index (χ2n) is 2.39. The minimum Gasteiger partial charge on any atom is -0.445 e. The van der Waals surface area contributed by atoms with E-state index in [-0.39, 0.29) is 12.0 Å². The Morgan fingerprint density at radius 1 is 1.67 bits per heavy atom. The summed E-state index contributed by atoms with van der Waals surface area (Å²) in [5, 5.41) is 0. The lowest BCUT2D eigenvalue weighted by Crippen LogP contribution is -2.24. The number of carbonyl (C=O) groups is 1. The maximum Gasteiger partial charge on any atom is 0.404 e. The molecular formula is C8H12INO2. The summed E-state index contributed by atoms with van der Waals surface area (Å²) in [6.07, 6.45) is -0.983. The van der Waals surface area contributed by atoms with E-state index < -0.39 is 6.09 Å². The fraction of sp³-hybridized carbons (Fsp3) is 0.625. The highest BCUT2D eigenvalue weighted by Crippen LogP contribution is 2.04. The molecule has 4 heteroatoms. The van der Waals surface area contributed by atoms with Gasteiger partial charge in [0.05, 0.1) is 10.3 Å². The smallest absolute Gasteiger partial charge is 0.404 e. The van der Waals surface area contributed by atoms with Crippen LogP contribution in [0.5, 0.6) is 0 Å². The minimum absolute atomic E-state index is 0.0345. The lowest BCUT2D eigenvalue weighted by molar-refractivity contribution is 0.0991. The van der Waals surface area contributed by atoms with Gasteiger partial charge in [-0.2, -0.15) is 0 Å². The molecule has 0 saturated carbocycles. The van der Waals surface area contributed by atoms with Gasteiger partial charge in [0, 0.05) is 0 Å². The maximum atomic E-state index is 10.3. The van der Waals surface area contributed by atoms with Crippen LogP contribution in [0, 0.1) is 17.8 Å². The summed E-state index contributed by atoms with van der Waals surface area (Å²) in [4.78, 5) is 10.3. The van der Waals surface area contributed by atoms with Crippen LogP contribution in [-0.2, 0) is 4.74 Å². The minimum atomic E-state index is -0.745. The summed E-state index contributed by atoms with van der Waals surface area (Å²) in [6.45, 7) is 3.67. The van der Waals surface area contributed by atoms with Crippen LogP contribution in [0.4, 0.5) is 4.79 Å². The third-order valence-corrected chi connectivity index (χ3v) is 1.78. The average Bonchev–Trinajstić information content (AvgIpc) is 1.98. The number of nitrogens with two attached hydrogens (primary N) is 1. The molecule has 0 aromatic rings. The van der Waals surface area contributed by atoms with E-state index in [2.05, 4.69) is 34.4 Å². The van der Waals surface area contributed by atoms with Gasteiger partial charge in [-0.15, -0.1) is 0 Å². The van der Waals surface area contributed by atoms with Crippen molar-refractivity contribution >= 4 is 28.7 Å². The van der Waals surface area contributed by atoms with Gasteiger partial charge in [-0.25, -0.2) is 4.79 Å². The number of hydrogen-bond acceptors (Lipinski definition) is 2. The summed E-state index contributed by atoms with van der Waals surface area (Å²) in [7, 11) is 0. The van der Waals surface area contributed by atoms with Crippen LogP contribution >= 0.6 is 22.6 Å². The molecule has 3 nitrogen and oxygen atoms in total. The third-order valence-electron chi connectivity index (χ3n) is 1.40. The highest BCUT2D eigenvalue weighted by atomic mass is 127. The molecule has 0 aromatic heterocycles. The number of alkyl halides is 1. The number of amides is 1. The lowest BCUT2D eigenvalue weighted by atomic mass is 10.1. The van der Waals surface area contributed by atoms with Gasteiger partial charge in [0.1, 0.15) is 6.10 Å². The molecule has 0 aromatic carbocycles. The highest BCUT2D eigenvalue weighted by molar-refractivity contribution is 14.1. The Labute approximate surface area is 86.2 Å². The average molecular weight is 281 g/mol. The Balaban J connectivity index is 3.92. The molecule has 0 bridgehead atoms. The molecule has 68 valence electrons. The van der Waals surface area contributed by atoms with E-state index in [9.17, 15) is 4.79 Å². The molecule has 2 unspecified atom stereocenters. The first-order valence-corrected chi connectivity index (χ1v) is 5.11. The van der Waals surface area contributed by atoms with E-state index in [1.54, 1.807) is 6.92 Å². The van der Waals surface area contributed by atoms with E-state index in [0.717, 1.165) is 4.43 Å². The van der Waals surface area contributed by atoms with Crippen LogP contribution in [0.1, 0.15) is 13.8 Å². The number of rotatable bonds is 2. The molecule has 2 atom stereocenters. The zero-order chi connectivity index (χ0) is 9.56. The fourth-order valence-electron chi connectivity index (χ4n) is 0.602. The Hall–Kier alpha value is -0.440. The Bertz CT molecular complexity index is 207. The first-order chi connectivity index (χ1) is 5.57. The molecule has 0 fully saturated rings. The summed E-state index contributed by atoms with van der Waals surface area (Å²) < 4.78 is 5.53. The van der Waals surface area contributed by atoms with Gasteiger partial charge >= 0.3 is 6.09 Å². The van der Waals surface area contributed by atoms with Gasteiger partial charge in [-0.3, -0.25) is 0 Å². The molecule has 0 spiro atoms. The van der Waals surface area contributed by atoms with Gasteiger partial charge in [0.25, 0.3) is 0 Å². The van der Waals surface area contributed by atoms with Gasteiger partial charge in [-0.1, -0.05) is 34.4 Å². The Morgan fingerprint density at radius 2 is 2.25 bits per heavy atom. The largest absolute Gasteiger partial charge is 0.445 e. The molecule has 0 aliphatic rings. The van der Waals surface area contributed by atoms with Crippen LogP contribution in [0.25, 0.3) is 0 Å². The molecule has 0 aliphatic carbocycles. The van der Waals surface area contributed by atoms with Crippen LogP contribution in [-0.4, -0.2) is 16.6 Å². The standard InChI is InChI=1S/C8H12INO2/c1-6(4-3-5-9)7(2)12-8(10)11/h6-7H,5H2,1-2H3,(H2,10,11). The number of halogens is 1. The van der Waals surface area contributed by atoms with Gasteiger partial charge in [0.15, 0.2) is 0 Å². The maximum absolute atomic E-state index is 10.3. The second kappa shape index (κ2) is 6.12. The molecule has 0 heterocycles. The molecule has 2 N–H and O–H groups in total. The predicted molar refractivity (Wildman–Crippen MR) is 56.0 cm³/mol. The van der Waals surface area contributed by atoms with Crippen molar-refractivity contribution in [3.63, 3.8) is 0 Å². The predicted octanol–water partition coefficient (Wildman–Crippen LogP) is 1.54. The SMILES string of the molecule is CC(C#CCI)C(C)OC(N)=O. The Morgan fingerprint density at radius 3 is 2.67 bits per heavy atom. The second-order valence-corrected chi connectivity index (χ2v) is 3.15. The van der Waals surface area contributed by atoms with Gasteiger partial charge in [0.2, 0.25) is 0 Å². The first kappa shape index (κ1) is 11.6. The van der Waals surface area contributed by atoms with E-state index >= 15 is 0 Å². The van der Waals surface area contributed by atoms with Crippen molar-refractivity contribution in [2.24, 2.45) is 11.7 Å². The number of primary amides is 1. The van der Waals surface area contributed by atoms with E-state index in [0.29, 0.717) is 0 Å². The lowest BCUT2D eigenvalue weighted by Gasteiger charge is -2.13. The van der Waals surface area contributed by atoms with Crippen molar-refractivity contribution in [3.05, 3.63) is 0 Å². The van der Waals surface area contributed by atoms with Crippen LogP contribution in [0.2, 0.25) is 0 Å². The molecule has 0 rings (SSSR count). The summed E-state index contributed by atoms with van der Waals surface area (Å²) in [6, 6.07) is 0.